The largest absolute Gasteiger partial charge is 0.481 e. The Hall–Kier alpha value is -2.60. The van der Waals surface area contributed by atoms with Gasteiger partial charge in [0.2, 0.25) is 5.88 Å². The highest BCUT2D eigenvalue weighted by Crippen LogP contribution is 2.20. The zero-order valence-electron chi connectivity index (χ0n) is 13.7. The molecule has 0 radical (unpaired) electrons. The molecular weight excluding hydrogens is 290 g/mol. The lowest BCUT2D eigenvalue weighted by Gasteiger charge is -2.06. The maximum atomic E-state index is 5.40. The predicted octanol–water partition coefficient (Wildman–Crippen LogP) is 2.21. The maximum absolute atomic E-state index is 5.40. The molecule has 3 aromatic rings. The van der Waals surface area contributed by atoms with Crippen LogP contribution in [0.2, 0.25) is 0 Å². The smallest absolute Gasteiger partial charge is 0.216 e. The number of nitrogens with zero attached hydrogens (tertiary/aromatic N) is 4. The van der Waals surface area contributed by atoms with Crippen LogP contribution in [0.5, 0.6) is 5.88 Å². The molecule has 6 heteroatoms. The first kappa shape index (κ1) is 15.3. The third kappa shape index (κ3) is 3.27. The standard InChI is InChI=1S/C17H21N5O/c1-13-16(17(23-3)21(2)19-13)12-18-11-14-9-10-22(20-14)15-7-5-4-6-8-15/h4-10,18H,11-12H2,1-3H3. The Morgan fingerprint density at radius 3 is 2.61 bits per heavy atom. The van der Waals surface area contributed by atoms with Crippen molar-refractivity contribution in [2.45, 2.75) is 20.0 Å². The van der Waals surface area contributed by atoms with Gasteiger partial charge < -0.3 is 10.1 Å². The molecule has 0 aliphatic heterocycles. The molecule has 1 N–H and O–H groups in total. The first-order valence-electron chi connectivity index (χ1n) is 7.56. The van der Waals surface area contributed by atoms with Gasteiger partial charge in [0.05, 0.1) is 29.7 Å². The van der Waals surface area contributed by atoms with Crippen LogP contribution < -0.4 is 10.1 Å². The van der Waals surface area contributed by atoms with Gasteiger partial charge in [0.15, 0.2) is 0 Å². The van der Waals surface area contributed by atoms with E-state index in [1.165, 1.54) is 0 Å². The van der Waals surface area contributed by atoms with Gasteiger partial charge in [0.25, 0.3) is 0 Å². The zero-order chi connectivity index (χ0) is 16.2. The molecule has 0 saturated carbocycles. The Balaban J connectivity index is 1.63. The number of rotatable bonds is 6. The second kappa shape index (κ2) is 6.66. The van der Waals surface area contributed by atoms with Crippen molar-refractivity contribution in [2.75, 3.05) is 7.11 Å². The van der Waals surface area contributed by atoms with E-state index in [2.05, 4.69) is 15.5 Å². The summed E-state index contributed by atoms with van der Waals surface area (Å²) in [5.41, 5.74) is 4.11. The molecule has 2 aromatic heterocycles. The SMILES string of the molecule is COc1c(CNCc2ccn(-c3ccccc3)n2)c(C)nn1C. The van der Waals surface area contributed by atoms with Crippen molar-refractivity contribution in [2.24, 2.45) is 7.05 Å². The minimum atomic E-state index is 0.692. The molecule has 3 rings (SSSR count). The molecule has 0 spiro atoms. The minimum Gasteiger partial charge on any atom is -0.481 e. The van der Waals surface area contributed by atoms with Crippen LogP contribution in [0.1, 0.15) is 17.0 Å². The third-order valence-electron chi connectivity index (χ3n) is 3.76. The number of aryl methyl sites for hydroxylation is 2. The molecule has 2 heterocycles. The van der Waals surface area contributed by atoms with Crippen molar-refractivity contribution >= 4 is 0 Å². The fourth-order valence-electron chi connectivity index (χ4n) is 2.64. The summed E-state index contributed by atoms with van der Waals surface area (Å²) in [6.45, 7) is 3.38. The van der Waals surface area contributed by atoms with Crippen LogP contribution in [-0.4, -0.2) is 26.7 Å². The zero-order valence-corrected chi connectivity index (χ0v) is 13.7. The van der Waals surface area contributed by atoms with E-state index in [1.54, 1.807) is 11.8 Å². The second-order valence-electron chi connectivity index (χ2n) is 5.39. The number of hydrogen-bond donors (Lipinski definition) is 1. The topological polar surface area (TPSA) is 56.9 Å². The van der Waals surface area contributed by atoms with E-state index in [4.69, 9.17) is 4.74 Å². The number of aromatic nitrogens is 4. The van der Waals surface area contributed by atoms with Crippen molar-refractivity contribution < 1.29 is 4.74 Å². The highest BCUT2D eigenvalue weighted by molar-refractivity contribution is 5.31. The van der Waals surface area contributed by atoms with Gasteiger partial charge in [-0.1, -0.05) is 18.2 Å². The molecule has 0 aliphatic rings. The number of nitrogens with one attached hydrogen (secondary N) is 1. The number of hydrogen-bond acceptors (Lipinski definition) is 4. The van der Waals surface area contributed by atoms with Gasteiger partial charge in [-0.05, 0) is 25.1 Å². The fourth-order valence-corrected chi connectivity index (χ4v) is 2.64. The van der Waals surface area contributed by atoms with Gasteiger partial charge in [0, 0.05) is 26.3 Å². The predicted molar refractivity (Wildman–Crippen MR) is 88.6 cm³/mol. The molecule has 0 fully saturated rings. The van der Waals surface area contributed by atoms with Crippen molar-refractivity contribution in [3.05, 3.63) is 59.5 Å². The van der Waals surface area contributed by atoms with Gasteiger partial charge in [-0.3, -0.25) is 0 Å². The molecule has 23 heavy (non-hydrogen) atoms. The summed E-state index contributed by atoms with van der Waals surface area (Å²) in [5, 5.41) is 12.4. The van der Waals surface area contributed by atoms with Gasteiger partial charge in [-0.2, -0.15) is 10.2 Å². The van der Waals surface area contributed by atoms with Gasteiger partial charge >= 0.3 is 0 Å². The van der Waals surface area contributed by atoms with Crippen molar-refractivity contribution in [1.29, 1.82) is 0 Å². The van der Waals surface area contributed by atoms with E-state index in [0.29, 0.717) is 13.1 Å². The Morgan fingerprint density at radius 2 is 1.87 bits per heavy atom. The van der Waals surface area contributed by atoms with Gasteiger partial charge in [-0.15, -0.1) is 0 Å². The van der Waals surface area contributed by atoms with E-state index < -0.39 is 0 Å². The average Bonchev–Trinajstić information content (AvgIpc) is 3.13. The fraction of sp³-hybridized carbons (Fsp3) is 0.294. The molecule has 0 bridgehead atoms. The molecule has 0 saturated heterocycles. The van der Waals surface area contributed by atoms with Crippen LogP contribution in [0.3, 0.4) is 0 Å². The lowest BCUT2D eigenvalue weighted by Crippen LogP contribution is -2.14. The van der Waals surface area contributed by atoms with E-state index in [0.717, 1.165) is 28.5 Å². The highest BCUT2D eigenvalue weighted by Gasteiger charge is 2.13. The number of ether oxygens (including phenoxy) is 1. The summed E-state index contributed by atoms with van der Waals surface area (Å²) in [6.07, 6.45) is 1.97. The van der Waals surface area contributed by atoms with E-state index in [9.17, 15) is 0 Å². The molecule has 1 aromatic carbocycles. The van der Waals surface area contributed by atoms with Crippen LogP contribution in [0, 0.1) is 6.92 Å². The van der Waals surface area contributed by atoms with Crippen molar-refractivity contribution in [1.82, 2.24) is 24.9 Å². The third-order valence-corrected chi connectivity index (χ3v) is 3.76. The quantitative estimate of drug-likeness (QED) is 0.758. The minimum absolute atomic E-state index is 0.692. The lowest BCUT2D eigenvalue weighted by molar-refractivity contribution is 0.368. The Kier molecular flexibility index (Phi) is 4.43. The summed E-state index contributed by atoms with van der Waals surface area (Å²) in [4.78, 5) is 0. The van der Waals surface area contributed by atoms with Crippen molar-refractivity contribution in [3.8, 4) is 11.6 Å². The van der Waals surface area contributed by atoms with E-state index in [-0.39, 0.29) is 0 Å². The van der Waals surface area contributed by atoms with Crippen LogP contribution in [0.15, 0.2) is 42.6 Å². The molecule has 0 aliphatic carbocycles. The second-order valence-corrected chi connectivity index (χ2v) is 5.39. The molecule has 0 unspecified atom stereocenters. The molecular formula is C17H21N5O. The summed E-state index contributed by atoms with van der Waals surface area (Å²) >= 11 is 0. The van der Waals surface area contributed by atoms with Gasteiger partial charge in [-0.25, -0.2) is 9.36 Å². The molecule has 6 nitrogen and oxygen atoms in total. The van der Waals surface area contributed by atoms with Crippen molar-refractivity contribution in [3.63, 3.8) is 0 Å². The monoisotopic (exact) mass is 311 g/mol. The summed E-state index contributed by atoms with van der Waals surface area (Å²) < 4.78 is 9.04. The highest BCUT2D eigenvalue weighted by atomic mass is 16.5. The lowest BCUT2D eigenvalue weighted by atomic mass is 10.2. The van der Waals surface area contributed by atoms with E-state index >= 15 is 0 Å². The summed E-state index contributed by atoms with van der Waals surface area (Å²) in [5.74, 6) is 0.796. The first-order chi connectivity index (χ1) is 11.2. The average molecular weight is 311 g/mol. The number of benzene rings is 1. The normalized spacial score (nSPS) is 10.9. The van der Waals surface area contributed by atoms with E-state index in [1.807, 2.05) is 61.2 Å². The molecule has 0 atom stereocenters. The Bertz CT molecular complexity index is 776. The number of para-hydroxylation sites is 1. The Labute approximate surface area is 135 Å². The van der Waals surface area contributed by atoms with Gasteiger partial charge in [0.1, 0.15) is 0 Å². The van der Waals surface area contributed by atoms with Crippen LogP contribution >= 0.6 is 0 Å². The molecule has 120 valence electrons. The van der Waals surface area contributed by atoms with Crippen LogP contribution in [0.4, 0.5) is 0 Å². The summed E-state index contributed by atoms with van der Waals surface area (Å²) in [7, 11) is 3.55. The number of methoxy groups -OCH3 is 1. The van der Waals surface area contributed by atoms with Crippen LogP contribution in [-0.2, 0) is 20.1 Å². The van der Waals surface area contributed by atoms with Crippen LogP contribution in [0.25, 0.3) is 5.69 Å². The maximum Gasteiger partial charge on any atom is 0.216 e. The summed E-state index contributed by atoms with van der Waals surface area (Å²) in [6, 6.07) is 12.1. The molecule has 0 amide bonds. The first-order valence-corrected chi connectivity index (χ1v) is 7.56. The Morgan fingerprint density at radius 1 is 1.09 bits per heavy atom.